The van der Waals surface area contributed by atoms with Crippen LogP contribution in [0.3, 0.4) is 0 Å². The Labute approximate surface area is 151 Å². The molecule has 0 aromatic heterocycles. The lowest BCUT2D eigenvalue weighted by molar-refractivity contribution is -0.137. The number of para-hydroxylation sites is 1. The number of methoxy groups -OCH3 is 1. The fraction of sp³-hybridized carbons (Fsp3) is 0.650. The van der Waals surface area contributed by atoms with Gasteiger partial charge >= 0.3 is 0 Å². The summed E-state index contributed by atoms with van der Waals surface area (Å²) in [5.41, 5.74) is 1.28. The van der Waals surface area contributed by atoms with E-state index in [1.807, 2.05) is 18.2 Å². The summed E-state index contributed by atoms with van der Waals surface area (Å²) in [5.74, 6) is 1.15. The summed E-state index contributed by atoms with van der Waals surface area (Å²) in [6.07, 6.45) is 3.59. The number of carbonyl (C=O) groups excluding carboxylic acids is 1. The monoisotopic (exact) mass is 345 g/mol. The lowest BCUT2D eigenvalue weighted by atomic mass is 9.83. The highest BCUT2D eigenvalue weighted by Crippen LogP contribution is 2.31. The van der Waals surface area contributed by atoms with Gasteiger partial charge in [0.25, 0.3) is 0 Å². The molecular weight excluding hydrogens is 314 g/mol. The fourth-order valence-electron chi connectivity index (χ4n) is 4.16. The van der Waals surface area contributed by atoms with Gasteiger partial charge in [-0.3, -0.25) is 9.69 Å². The number of piperidine rings is 1. The van der Waals surface area contributed by atoms with Crippen molar-refractivity contribution in [3.8, 4) is 5.75 Å². The SMILES string of the molecule is COc1ccccc1CCC(=O)N1CCN(C)C2(CCN(C)CC2)C1. The van der Waals surface area contributed by atoms with Gasteiger partial charge in [-0.2, -0.15) is 0 Å². The molecule has 25 heavy (non-hydrogen) atoms. The van der Waals surface area contributed by atoms with E-state index in [1.165, 1.54) is 0 Å². The minimum Gasteiger partial charge on any atom is -0.496 e. The molecule has 1 amide bonds. The molecular formula is C20H31N3O2. The van der Waals surface area contributed by atoms with Crippen molar-refractivity contribution in [2.75, 3.05) is 53.9 Å². The first-order valence-electron chi connectivity index (χ1n) is 9.33. The van der Waals surface area contributed by atoms with Crippen LogP contribution in [0, 0.1) is 0 Å². The van der Waals surface area contributed by atoms with Gasteiger partial charge in [0.15, 0.2) is 0 Å². The Hall–Kier alpha value is -1.59. The van der Waals surface area contributed by atoms with Crippen molar-refractivity contribution < 1.29 is 9.53 Å². The normalized spacial score (nSPS) is 21.5. The topological polar surface area (TPSA) is 36.0 Å². The van der Waals surface area contributed by atoms with Crippen LogP contribution in [-0.4, -0.2) is 80.1 Å². The third-order valence-electron chi connectivity index (χ3n) is 6.07. The van der Waals surface area contributed by atoms with E-state index in [-0.39, 0.29) is 11.4 Å². The minimum absolute atomic E-state index is 0.171. The first-order valence-corrected chi connectivity index (χ1v) is 9.33. The van der Waals surface area contributed by atoms with E-state index in [9.17, 15) is 4.79 Å². The average molecular weight is 345 g/mol. The first-order chi connectivity index (χ1) is 12.0. The molecule has 0 N–H and O–H groups in total. The van der Waals surface area contributed by atoms with Gasteiger partial charge < -0.3 is 14.5 Å². The maximum atomic E-state index is 12.8. The summed E-state index contributed by atoms with van der Waals surface area (Å²) < 4.78 is 5.40. The number of benzene rings is 1. The second-order valence-corrected chi connectivity index (χ2v) is 7.58. The van der Waals surface area contributed by atoms with Crippen LogP contribution in [0.25, 0.3) is 0 Å². The molecule has 0 unspecified atom stereocenters. The van der Waals surface area contributed by atoms with Gasteiger partial charge in [0.2, 0.25) is 5.91 Å². The summed E-state index contributed by atoms with van der Waals surface area (Å²) >= 11 is 0. The predicted molar refractivity (Wildman–Crippen MR) is 100.0 cm³/mol. The number of hydrogen-bond donors (Lipinski definition) is 0. The number of carbonyl (C=O) groups is 1. The maximum Gasteiger partial charge on any atom is 0.223 e. The van der Waals surface area contributed by atoms with Gasteiger partial charge in [-0.05, 0) is 58.1 Å². The van der Waals surface area contributed by atoms with E-state index < -0.39 is 0 Å². The number of likely N-dealkylation sites (tertiary alicyclic amines) is 1. The summed E-state index contributed by atoms with van der Waals surface area (Å²) in [5, 5.41) is 0. The molecule has 0 bridgehead atoms. The third kappa shape index (κ3) is 3.98. The average Bonchev–Trinajstić information content (AvgIpc) is 2.64. The van der Waals surface area contributed by atoms with E-state index in [0.717, 1.165) is 63.3 Å². The molecule has 0 aliphatic carbocycles. The van der Waals surface area contributed by atoms with E-state index in [2.05, 4.69) is 34.9 Å². The van der Waals surface area contributed by atoms with Crippen LogP contribution in [-0.2, 0) is 11.2 Å². The molecule has 1 aromatic carbocycles. The molecule has 2 saturated heterocycles. The number of ether oxygens (including phenoxy) is 1. The summed E-state index contributed by atoms with van der Waals surface area (Å²) in [4.78, 5) is 19.8. The molecule has 0 radical (unpaired) electrons. The van der Waals surface area contributed by atoms with Gasteiger partial charge in [0.1, 0.15) is 5.75 Å². The highest BCUT2D eigenvalue weighted by molar-refractivity contribution is 5.76. The second-order valence-electron chi connectivity index (χ2n) is 7.58. The Morgan fingerprint density at radius 2 is 1.84 bits per heavy atom. The zero-order chi connectivity index (χ0) is 17.9. The second kappa shape index (κ2) is 7.75. The quantitative estimate of drug-likeness (QED) is 0.835. The van der Waals surface area contributed by atoms with Gasteiger partial charge in [0, 0.05) is 31.6 Å². The molecule has 1 spiro atoms. The molecule has 5 heteroatoms. The van der Waals surface area contributed by atoms with Crippen LogP contribution in [0.1, 0.15) is 24.8 Å². The minimum atomic E-state index is 0.171. The number of piperazine rings is 1. The lowest BCUT2D eigenvalue weighted by Gasteiger charge is -2.52. The molecule has 0 atom stereocenters. The van der Waals surface area contributed by atoms with Crippen LogP contribution in [0.4, 0.5) is 0 Å². The van der Waals surface area contributed by atoms with Gasteiger partial charge in [-0.1, -0.05) is 18.2 Å². The fourth-order valence-corrected chi connectivity index (χ4v) is 4.16. The standard InChI is InChI=1S/C20H31N3O2/c1-21-12-10-20(11-13-21)16-23(15-14-22(20)2)19(24)9-8-17-6-4-5-7-18(17)25-3/h4-7H,8-16H2,1-3H3. The Kier molecular flexibility index (Phi) is 5.64. The van der Waals surface area contributed by atoms with Gasteiger partial charge in [-0.25, -0.2) is 0 Å². The lowest BCUT2D eigenvalue weighted by Crippen LogP contribution is -2.65. The van der Waals surface area contributed by atoms with E-state index in [0.29, 0.717) is 6.42 Å². The Morgan fingerprint density at radius 1 is 1.12 bits per heavy atom. The van der Waals surface area contributed by atoms with Crippen molar-refractivity contribution in [1.29, 1.82) is 0 Å². The number of rotatable bonds is 4. The molecule has 2 aliphatic rings. The molecule has 2 aliphatic heterocycles. The summed E-state index contributed by atoms with van der Waals surface area (Å²) in [7, 11) is 6.10. The third-order valence-corrected chi connectivity index (χ3v) is 6.07. The molecule has 1 aromatic rings. The first kappa shape index (κ1) is 18.2. The zero-order valence-corrected chi connectivity index (χ0v) is 15.8. The van der Waals surface area contributed by atoms with Crippen LogP contribution in [0.15, 0.2) is 24.3 Å². The van der Waals surface area contributed by atoms with Crippen molar-refractivity contribution in [3.63, 3.8) is 0 Å². The maximum absolute atomic E-state index is 12.8. The zero-order valence-electron chi connectivity index (χ0n) is 15.8. The van der Waals surface area contributed by atoms with Crippen molar-refractivity contribution in [3.05, 3.63) is 29.8 Å². The molecule has 5 nitrogen and oxygen atoms in total. The van der Waals surface area contributed by atoms with Crippen molar-refractivity contribution >= 4 is 5.91 Å². The van der Waals surface area contributed by atoms with Gasteiger partial charge in [-0.15, -0.1) is 0 Å². The number of aryl methyl sites for hydroxylation is 1. The Bertz CT molecular complexity index is 596. The molecule has 2 heterocycles. The molecule has 0 saturated carbocycles. The number of nitrogens with zero attached hydrogens (tertiary/aromatic N) is 3. The number of amides is 1. The Balaban J connectivity index is 1.60. The van der Waals surface area contributed by atoms with Crippen molar-refractivity contribution in [2.24, 2.45) is 0 Å². The predicted octanol–water partition coefficient (Wildman–Crippen LogP) is 1.87. The van der Waals surface area contributed by atoms with E-state index >= 15 is 0 Å². The largest absolute Gasteiger partial charge is 0.496 e. The van der Waals surface area contributed by atoms with Crippen LogP contribution in [0.2, 0.25) is 0 Å². The smallest absolute Gasteiger partial charge is 0.223 e. The highest BCUT2D eigenvalue weighted by Gasteiger charge is 2.42. The van der Waals surface area contributed by atoms with E-state index in [1.54, 1.807) is 7.11 Å². The molecule has 2 fully saturated rings. The van der Waals surface area contributed by atoms with Crippen LogP contribution < -0.4 is 4.74 Å². The van der Waals surface area contributed by atoms with Crippen LogP contribution in [0.5, 0.6) is 5.75 Å². The van der Waals surface area contributed by atoms with Crippen molar-refractivity contribution in [2.45, 2.75) is 31.2 Å². The van der Waals surface area contributed by atoms with Gasteiger partial charge in [0.05, 0.1) is 7.11 Å². The highest BCUT2D eigenvalue weighted by atomic mass is 16.5. The summed E-state index contributed by atoms with van der Waals surface area (Å²) in [6.45, 7) is 4.94. The Morgan fingerprint density at radius 3 is 2.56 bits per heavy atom. The number of likely N-dealkylation sites (N-methyl/N-ethyl adjacent to an activating group) is 1. The molecule has 3 rings (SSSR count). The van der Waals surface area contributed by atoms with E-state index in [4.69, 9.17) is 4.74 Å². The number of hydrogen-bond acceptors (Lipinski definition) is 4. The van der Waals surface area contributed by atoms with Crippen molar-refractivity contribution in [1.82, 2.24) is 14.7 Å². The van der Waals surface area contributed by atoms with Crippen LogP contribution >= 0.6 is 0 Å². The summed E-state index contributed by atoms with van der Waals surface area (Å²) in [6, 6.07) is 7.98. The molecule has 138 valence electrons.